The van der Waals surface area contributed by atoms with Gasteiger partial charge in [0.2, 0.25) is 0 Å². The molecule has 0 amide bonds. The molecule has 1 nitrogen and oxygen atoms in total. The molecule has 0 aliphatic carbocycles. The van der Waals surface area contributed by atoms with Crippen LogP contribution in [0.4, 0.5) is 17.1 Å². The molecule has 0 N–H and O–H groups in total. The number of benzene rings is 5. The largest absolute Gasteiger partial charge is 0.309 e. The van der Waals surface area contributed by atoms with Crippen LogP contribution in [-0.2, 0) is 0 Å². The van der Waals surface area contributed by atoms with Crippen LogP contribution in [0.15, 0.2) is 140 Å². The lowest BCUT2D eigenvalue weighted by Crippen LogP contribution is -2.12. The van der Waals surface area contributed by atoms with E-state index in [9.17, 15) is 0 Å². The monoisotopic (exact) mass is 423 g/mol. The van der Waals surface area contributed by atoms with Gasteiger partial charge in [0, 0.05) is 11.3 Å². The summed E-state index contributed by atoms with van der Waals surface area (Å²) in [6.07, 6.45) is 4.37. The summed E-state index contributed by atoms with van der Waals surface area (Å²) in [6, 6.07) is 48.8. The molecule has 1 heteroatoms. The lowest BCUT2D eigenvalue weighted by molar-refractivity contribution is 1.28. The summed E-state index contributed by atoms with van der Waals surface area (Å²) < 4.78 is 0. The minimum absolute atomic E-state index is 1.13. The van der Waals surface area contributed by atoms with Crippen LogP contribution in [0.3, 0.4) is 0 Å². The van der Waals surface area contributed by atoms with Gasteiger partial charge in [-0.1, -0.05) is 127 Å². The standard InChI is InChI=1S/C32H25N/c1-4-14-26(15-5-1)24-25-28-18-10-12-22-31(28)33(29-19-8-3-9-20-29)32-23-13-11-21-30(32)27-16-6-2-7-17-27/h1-25H. The van der Waals surface area contributed by atoms with Crippen molar-refractivity contribution in [3.8, 4) is 11.1 Å². The minimum Gasteiger partial charge on any atom is -0.309 e. The van der Waals surface area contributed by atoms with Crippen molar-refractivity contribution in [3.05, 3.63) is 151 Å². The molecule has 0 aromatic heterocycles. The fraction of sp³-hybridized carbons (Fsp3) is 0. The Kier molecular flexibility index (Phi) is 6.13. The van der Waals surface area contributed by atoms with Gasteiger partial charge in [-0.25, -0.2) is 0 Å². The minimum atomic E-state index is 1.13. The predicted octanol–water partition coefficient (Wildman–Crippen LogP) is 8.99. The highest BCUT2D eigenvalue weighted by Crippen LogP contribution is 2.42. The van der Waals surface area contributed by atoms with Gasteiger partial charge in [0.1, 0.15) is 0 Å². The van der Waals surface area contributed by atoms with Crippen LogP contribution in [-0.4, -0.2) is 0 Å². The number of hydrogen-bond donors (Lipinski definition) is 0. The lowest BCUT2D eigenvalue weighted by Gasteiger charge is -2.29. The first-order chi connectivity index (χ1) is 16.4. The van der Waals surface area contributed by atoms with Crippen LogP contribution in [0.2, 0.25) is 0 Å². The van der Waals surface area contributed by atoms with E-state index >= 15 is 0 Å². The normalized spacial score (nSPS) is 10.9. The van der Waals surface area contributed by atoms with Crippen molar-refractivity contribution in [1.29, 1.82) is 0 Å². The summed E-state index contributed by atoms with van der Waals surface area (Å²) in [4.78, 5) is 2.35. The molecule has 0 aliphatic rings. The number of para-hydroxylation sites is 3. The molecule has 0 fully saturated rings. The van der Waals surface area contributed by atoms with Gasteiger partial charge in [0.05, 0.1) is 11.4 Å². The van der Waals surface area contributed by atoms with Crippen molar-refractivity contribution >= 4 is 29.2 Å². The summed E-state index contributed by atoms with van der Waals surface area (Å²) in [5, 5.41) is 0. The first-order valence-electron chi connectivity index (χ1n) is 11.2. The molecule has 33 heavy (non-hydrogen) atoms. The predicted molar refractivity (Wildman–Crippen MR) is 142 cm³/mol. The molecule has 0 spiro atoms. The fourth-order valence-corrected chi connectivity index (χ4v) is 4.10. The van der Waals surface area contributed by atoms with Crippen molar-refractivity contribution in [1.82, 2.24) is 0 Å². The van der Waals surface area contributed by atoms with Crippen LogP contribution in [0.25, 0.3) is 23.3 Å². The highest BCUT2D eigenvalue weighted by molar-refractivity contribution is 5.91. The Bertz CT molecular complexity index is 1340. The van der Waals surface area contributed by atoms with Crippen LogP contribution in [0.1, 0.15) is 11.1 Å². The van der Waals surface area contributed by atoms with Crippen molar-refractivity contribution in [3.63, 3.8) is 0 Å². The molecule has 5 aromatic carbocycles. The Labute approximate surface area is 195 Å². The first-order valence-corrected chi connectivity index (χ1v) is 11.2. The number of anilines is 3. The lowest BCUT2D eigenvalue weighted by atomic mass is 10.0. The zero-order chi connectivity index (χ0) is 22.3. The molecule has 0 atom stereocenters. The molecule has 0 unspecified atom stereocenters. The maximum absolute atomic E-state index is 2.35. The zero-order valence-electron chi connectivity index (χ0n) is 18.4. The topological polar surface area (TPSA) is 3.24 Å². The highest BCUT2D eigenvalue weighted by Gasteiger charge is 2.18. The average molecular weight is 424 g/mol. The van der Waals surface area contributed by atoms with E-state index in [4.69, 9.17) is 0 Å². The first kappa shape index (κ1) is 20.5. The molecule has 0 bridgehead atoms. The number of rotatable bonds is 6. The smallest absolute Gasteiger partial charge is 0.0540 e. The van der Waals surface area contributed by atoms with Gasteiger partial charge in [0.25, 0.3) is 0 Å². The molecule has 5 rings (SSSR count). The molecule has 0 aliphatic heterocycles. The Morgan fingerprint density at radius 2 is 0.970 bits per heavy atom. The highest BCUT2D eigenvalue weighted by atomic mass is 15.1. The van der Waals surface area contributed by atoms with Crippen molar-refractivity contribution < 1.29 is 0 Å². The average Bonchev–Trinajstić information content (AvgIpc) is 2.90. The Morgan fingerprint density at radius 1 is 0.424 bits per heavy atom. The fourth-order valence-electron chi connectivity index (χ4n) is 4.10. The third kappa shape index (κ3) is 4.63. The van der Waals surface area contributed by atoms with E-state index < -0.39 is 0 Å². The van der Waals surface area contributed by atoms with Gasteiger partial charge in [0.15, 0.2) is 0 Å². The van der Waals surface area contributed by atoms with Crippen molar-refractivity contribution in [2.45, 2.75) is 0 Å². The molecule has 0 radical (unpaired) electrons. The van der Waals surface area contributed by atoms with E-state index in [1.54, 1.807) is 0 Å². The second-order valence-corrected chi connectivity index (χ2v) is 7.86. The molecule has 5 aromatic rings. The second kappa shape index (κ2) is 9.84. The Morgan fingerprint density at radius 3 is 1.70 bits per heavy atom. The molecular weight excluding hydrogens is 398 g/mol. The molecule has 0 heterocycles. The quantitative estimate of drug-likeness (QED) is 0.246. The molecule has 158 valence electrons. The van der Waals surface area contributed by atoms with Crippen molar-refractivity contribution in [2.24, 2.45) is 0 Å². The van der Waals surface area contributed by atoms with E-state index in [0.29, 0.717) is 0 Å². The second-order valence-electron chi connectivity index (χ2n) is 7.86. The maximum atomic E-state index is 2.35. The molecule has 0 saturated heterocycles. The van der Waals surface area contributed by atoms with Gasteiger partial charge >= 0.3 is 0 Å². The van der Waals surface area contributed by atoms with Gasteiger partial charge < -0.3 is 4.90 Å². The summed E-state index contributed by atoms with van der Waals surface area (Å²) >= 11 is 0. The third-order valence-corrected chi connectivity index (χ3v) is 5.68. The van der Waals surface area contributed by atoms with Crippen molar-refractivity contribution in [2.75, 3.05) is 4.90 Å². The van der Waals surface area contributed by atoms with Gasteiger partial charge in [-0.05, 0) is 41.0 Å². The van der Waals surface area contributed by atoms with E-state index in [0.717, 1.165) is 22.6 Å². The maximum Gasteiger partial charge on any atom is 0.0540 e. The number of nitrogens with zero attached hydrogens (tertiary/aromatic N) is 1. The van der Waals surface area contributed by atoms with Crippen LogP contribution in [0, 0.1) is 0 Å². The van der Waals surface area contributed by atoms with E-state index in [1.165, 1.54) is 16.7 Å². The summed E-state index contributed by atoms with van der Waals surface area (Å²) in [5.41, 5.74) is 8.16. The zero-order valence-corrected chi connectivity index (χ0v) is 18.4. The van der Waals surface area contributed by atoms with E-state index in [-0.39, 0.29) is 0 Å². The number of hydrogen-bond acceptors (Lipinski definition) is 1. The van der Waals surface area contributed by atoms with Gasteiger partial charge in [-0.2, -0.15) is 0 Å². The van der Waals surface area contributed by atoms with E-state index in [1.807, 2.05) is 6.07 Å². The van der Waals surface area contributed by atoms with Crippen LogP contribution in [0.5, 0.6) is 0 Å². The van der Waals surface area contributed by atoms with Crippen LogP contribution < -0.4 is 4.90 Å². The SMILES string of the molecule is C(=Cc1ccccc1N(c1ccccc1)c1ccccc1-c1ccccc1)c1ccccc1. The third-order valence-electron chi connectivity index (χ3n) is 5.68. The summed E-state index contributed by atoms with van der Waals surface area (Å²) in [6.45, 7) is 0. The van der Waals surface area contributed by atoms with Crippen LogP contribution >= 0.6 is 0 Å². The molecular formula is C32H25N. The summed E-state index contributed by atoms with van der Waals surface area (Å²) in [7, 11) is 0. The Hall–Kier alpha value is -4.36. The Balaban J connectivity index is 1.68. The van der Waals surface area contributed by atoms with Gasteiger partial charge in [-0.3, -0.25) is 0 Å². The van der Waals surface area contributed by atoms with E-state index in [2.05, 4.69) is 151 Å². The van der Waals surface area contributed by atoms with Gasteiger partial charge in [-0.15, -0.1) is 0 Å². The molecule has 0 saturated carbocycles. The summed E-state index contributed by atoms with van der Waals surface area (Å²) in [5.74, 6) is 0.